The molecule has 0 unspecified atom stereocenters. The highest BCUT2D eigenvalue weighted by molar-refractivity contribution is 6.03. The van der Waals surface area contributed by atoms with Crippen molar-refractivity contribution in [3.05, 3.63) is 35.4 Å². The summed E-state index contributed by atoms with van der Waals surface area (Å²) in [7, 11) is 0. The molecule has 0 aliphatic carbocycles. The lowest BCUT2D eigenvalue weighted by Crippen LogP contribution is -2.15. The van der Waals surface area contributed by atoms with Crippen molar-refractivity contribution in [3.63, 3.8) is 0 Å². The van der Waals surface area contributed by atoms with Gasteiger partial charge in [-0.1, -0.05) is 58.1 Å². The zero-order chi connectivity index (χ0) is 16.9. The summed E-state index contributed by atoms with van der Waals surface area (Å²) in [5.74, 6) is -0.919. The molecular weight excluding hydrogens is 292 g/mol. The Balaban J connectivity index is 2.51. The first kappa shape index (κ1) is 19.2. The minimum Gasteiger partial charge on any atom is -0.462 e. The molecule has 0 fully saturated rings. The van der Waals surface area contributed by atoms with Gasteiger partial charge in [-0.2, -0.15) is 0 Å². The summed E-state index contributed by atoms with van der Waals surface area (Å²) in [6.07, 6.45) is 7.24. The topological polar surface area (TPSA) is 52.6 Å². The largest absolute Gasteiger partial charge is 0.462 e. The highest BCUT2D eigenvalue weighted by Crippen LogP contribution is 2.13. The standard InChI is InChI=1S/C19H28O4/c1-3-5-7-8-11-15-23-19(21)17-13-10-9-12-16(17)18(20)22-14-6-4-2/h9-10,12-13H,3-8,11,14-15H2,1-2H3. The van der Waals surface area contributed by atoms with Crippen LogP contribution in [0.1, 0.15) is 79.5 Å². The molecule has 128 valence electrons. The van der Waals surface area contributed by atoms with Crippen LogP contribution in [0.5, 0.6) is 0 Å². The van der Waals surface area contributed by atoms with Gasteiger partial charge in [-0.15, -0.1) is 0 Å². The molecule has 23 heavy (non-hydrogen) atoms. The van der Waals surface area contributed by atoms with E-state index in [2.05, 4.69) is 6.92 Å². The minimum absolute atomic E-state index is 0.277. The number of unbranched alkanes of at least 4 members (excludes halogenated alkanes) is 5. The van der Waals surface area contributed by atoms with Crippen molar-refractivity contribution in [1.82, 2.24) is 0 Å². The number of carbonyl (C=O) groups excluding carboxylic acids is 2. The van der Waals surface area contributed by atoms with Crippen LogP contribution in [0.4, 0.5) is 0 Å². The second kappa shape index (κ2) is 11.7. The van der Waals surface area contributed by atoms with E-state index < -0.39 is 11.9 Å². The van der Waals surface area contributed by atoms with Crippen LogP contribution in [0.2, 0.25) is 0 Å². The molecule has 0 aromatic heterocycles. The van der Waals surface area contributed by atoms with E-state index in [1.54, 1.807) is 24.3 Å². The van der Waals surface area contributed by atoms with Gasteiger partial charge < -0.3 is 9.47 Å². The van der Waals surface area contributed by atoms with Crippen LogP contribution in [0, 0.1) is 0 Å². The maximum atomic E-state index is 12.2. The van der Waals surface area contributed by atoms with Gasteiger partial charge in [-0.05, 0) is 25.0 Å². The first-order chi connectivity index (χ1) is 11.2. The Morgan fingerprint density at radius 1 is 0.739 bits per heavy atom. The smallest absolute Gasteiger partial charge is 0.339 e. The molecule has 1 rings (SSSR count). The maximum Gasteiger partial charge on any atom is 0.339 e. The van der Waals surface area contributed by atoms with E-state index in [-0.39, 0.29) is 11.1 Å². The number of hydrogen-bond acceptors (Lipinski definition) is 4. The van der Waals surface area contributed by atoms with Crippen molar-refractivity contribution >= 4 is 11.9 Å². The van der Waals surface area contributed by atoms with Crippen LogP contribution >= 0.6 is 0 Å². The quantitative estimate of drug-likeness (QED) is 0.435. The second-order valence-electron chi connectivity index (χ2n) is 5.59. The Morgan fingerprint density at radius 2 is 1.22 bits per heavy atom. The molecule has 0 aliphatic rings. The average Bonchev–Trinajstić information content (AvgIpc) is 2.58. The third-order valence-corrected chi connectivity index (χ3v) is 3.58. The molecule has 0 radical (unpaired) electrons. The Morgan fingerprint density at radius 3 is 1.74 bits per heavy atom. The molecule has 1 aromatic rings. The number of esters is 2. The molecule has 0 bridgehead atoms. The molecular formula is C19H28O4. The molecule has 0 heterocycles. The molecule has 0 aliphatic heterocycles. The van der Waals surface area contributed by atoms with Crippen molar-refractivity contribution in [2.24, 2.45) is 0 Å². The summed E-state index contributed by atoms with van der Waals surface area (Å²) in [5, 5.41) is 0. The lowest BCUT2D eigenvalue weighted by molar-refractivity contribution is 0.0451. The van der Waals surface area contributed by atoms with Crippen LogP contribution in [-0.4, -0.2) is 25.2 Å². The van der Waals surface area contributed by atoms with E-state index in [1.165, 1.54) is 12.8 Å². The van der Waals surface area contributed by atoms with Gasteiger partial charge >= 0.3 is 11.9 Å². The van der Waals surface area contributed by atoms with E-state index >= 15 is 0 Å². The highest BCUT2D eigenvalue weighted by atomic mass is 16.5. The molecule has 1 aromatic carbocycles. The zero-order valence-corrected chi connectivity index (χ0v) is 14.3. The number of rotatable bonds is 11. The van der Waals surface area contributed by atoms with Crippen LogP contribution in [0.15, 0.2) is 24.3 Å². The van der Waals surface area contributed by atoms with Crippen molar-refractivity contribution in [1.29, 1.82) is 0 Å². The highest BCUT2D eigenvalue weighted by Gasteiger charge is 2.18. The molecule has 0 amide bonds. The Hall–Kier alpha value is -1.84. The summed E-state index contributed by atoms with van der Waals surface area (Å²) < 4.78 is 10.5. The van der Waals surface area contributed by atoms with Crippen LogP contribution in [-0.2, 0) is 9.47 Å². The fourth-order valence-corrected chi connectivity index (χ4v) is 2.17. The maximum absolute atomic E-state index is 12.2. The minimum atomic E-state index is -0.464. The van der Waals surface area contributed by atoms with Gasteiger partial charge in [0.2, 0.25) is 0 Å². The van der Waals surface area contributed by atoms with Crippen LogP contribution in [0.25, 0.3) is 0 Å². The predicted molar refractivity (Wildman–Crippen MR) is 90.7 cm³/mol. The predicted octanol–water partition coefficient (Wildman–Crippen LogP) is 4.77. The number of benzene rings is 1. The van der Waals surface area contributed by atoms with Crippen LogP contribution in [0.3, 0.4) is 0 Å². The van der Waals surface area contributed by atoms with E-state index in [9.17, 15) is 9.59 Å². The molecule has 0 N–H and O–H groups in total. The molecule has 0 saturated heterocycles. The van der Waals surface area contributed by atoms with E-state index in [1.807, 2.05) is 6.92 Å². The average molecular weight is 320 g/mol. The summed E-state index contributed by atoms with van der Waals surface area (Å²) in [6.45, 7) is 4.95. The van der Waals surface area contributed by atoms with Crippen molar-refractivity contribution in [3.8, 4) is 0 Å². The molecule has 0 spiro atoms. The number of ether oxygens (including phenoxy) is 2. The van der Waals surface area contributed by atoms with Gasteiger partial charge in [0.15, 0.2) is 0 Å². The normalized spacial score (nSPS) is 10.3. The van der Waals surface area contributed by atoms with Gasteiger partial charge in [-0.3, -0.25) is 0 Å². The SMILES string of the molecule is CCCCCCCOC(=O)c1ccccc1C(=O)OCCCC. The second-order valence-corrected chi connectivity index (χ2v) is 5.59. The summed E-state index contributed by atoms with van der Waals surface area (Å²) in [5.41, 5.74) is 0.558. The van der Waals surface area contributed by atoms with Gasteiger partial charge in [0.1, 0.15) is 0 Å². The summed E-state index contributed by atoms with van der Waals surface area (Å²) in [4.78, 5) is 24.2. The first-order valence-corrected chi connectivity index (χ1v) is 8.64. The third-order valence-electron chi connectivity index (χ3n) is 3.58. The van der Waals surface area contributed by atoms with E-state index in [0.29, 0.717) is 13.2 Å². The van der Waals surface area contributed by atoms with Gasteiger partial charge in [0.05, 0.1) is 24.3 Å². The summed E-state index contributed by atoms with van der Waals surface area (Å²) in [6, 6.07) is 6.65. The van der Waals surface area contributed by atoms with Crippen molar-refractivity contribution in [2.75, 3.05) is 13.2 Å². The lowest BCUT2D eigenvalue weighted by atomic mass is 10.1. The Kier molecular flexibility index (Phi) is 9.76. The Labute approximate surface area is 139 Å². The number of carbonyl (C=O) groups is 2. The lowest BCUT2D eigenvalue weighted by Gasteiger charge is -2.09. The van der Waals surface area contributed by atoms with E-state index in [0.717, 1.165) is 32.1 Å². The van der Waals surface area contributed by atoms with Gasteiger partial charge in [0, 0.05) is 0 Å². The monoisotopic (exact) mass is 320 g/mol. The van der Waals surface area contributed by atoms with Gasteiger partial charge in [-0.25, -0.2) is 9.59 Å². The summed E-state index contributed by atoms with van der Waals surface area (Å²) >= 11 is 0. The zero-order valence-electron chi connectivity index (χ0n) is 14.3. The van der Waals surface area contributed by atoms with Gasteiger partial charge in [0.25, 0.3) is 0 Å². The molecule has 0 saturated carbocycles. The molecule has 0 atom stereocenters. The van der Waals surface area contributed by atoms with Crippen molar-refractivity contribution < 1.29 is 19.1 Å². The molecule has 4 nitrogen and oxygen atoms in total. The van der Waals surface area contributed by atoms with Crippen molar-refractivity contribution in [2.45, 2.75) is 58.8 Å². The third kappa shape index (κ3) is 7.31. The van der Waals surface area contributed by atoms with Crippen LogP contribution < -0.4 is 0 Å². The fourth-order valence-electron chi connectivity index (χ4n) is 2.17. The number of hydrogen-bond donors (Lipinski definition) is 0. The fraction of sp³-hybridized carbons (Fsp3) is 0.579. The van der Waals surface area contributed by atoms with E-state index in [4.69, 9.17) is 9.47 Å². The first-order valence-electron chi connectivity index (χ1n) is 8.64. The molecule has 4 heteroatoms. The Bertz CT molecular complexity index is 482.